The number of nitrogens with zero attached hydrogens (tertiary/aromatic N) is 2. The van der Waals surface area contributed by atoms with Crippen LogP contribution in [0.2, 0.25) is 5.02 Å². The van der Waals surface area contributed by atoms with E-state index in [-0.39, 0.29) is 11.6 Å². The van der Waals surface area contributed by atoms with E-state index in [1.807, 2.05) is 30.3 Å². The van der Waals surface area contributed by atoms with Crippen LogP contribution in [-0.2, 0) is 6.42 Å². The lowest BCUT2D eigenvalue weighted by atomic mass is 10.1. The van der Waals surface area contributed by atoms with Crippen molar-refractivity contribution in [3.05, 3.63) is 76.9 Å². The van der Waals surface area contributed by atoms with Crippen molar-refractivity contribution in [2.75, 3.05) is 11.9 Å². The molecule has 0 atom stereocenters. The Balaban J connectivity index is 1.79. The molecule has 2 aromatic carbocycles. The van der Waals surface area contributed by atoms with E-state index in [4.69, 9.17) is 11.6 Å². The molecule has 0 amide bonds. The molecule has 6 heteroatoms. The molecule has 0 aliphatic rings. The quantitative estimate of drug-likeness (QED) is 0.641. The van der Waals surface area contributed by atoms with Gasteiger partial charge in [-0.25, -0.2) is 18.7 Å². The lowest BCUT2D eigenvalue weighted by Crippen LogP contribution is -2.10. The first kappa shape index (κ1) is 17.3. The Kier molecular flexibility index (Phi) is 5.56. The summed E-state index contributed by atoms with van der Waals surface area (Å²) in [6.07, 6.45) is -1.91. The lowest BCUT2D eigenvalue weighted by Gasteiger charge is -2.10. The Morgan fingerprint density at radius 3 is 2.36 bits per heavy atom. The van der Waals surface area contributed by atoms with Gasteiger partial charge in [-0.2, -0.15) is 0 Å². The zero-order valence-electron chi connectivity index (χ0n) is 13.3. The van der Waals surface area contributed by atoms with Crippen molar-refractivity contribution < 1.29 is 8.78 Å². The molecule has 0 spiro atoms. The van der Waals surface area contributed by atoms with Crippen LogP contribution in [0.1, 0.15) is 17.7 Å². The molecule has 25 heavy (non-hydrogen) atoms. The summed E-state index contributed by atoms with van der Waals surface area (Å²) in [6.45, 7) is 0.552. The number of hydrogen-bond acceptors (Lipinski definition) is 3. The summed E-state index contributed by atoms with van der Waals surface area (Å²) in [7, 11) is 0. The van der Waals surface area contributed by atoms with Crippen molar-refractivity contribution in [2.24, 2.45) is 0 Å². The van der Waals surface area contributed by atoms with Crippen LogP contribution < -0.4 is 5.32 Å². The van der Waals surface area contributed by atoms with E-state index >= 15 is 0 Å². The summed E-state index contributed by atoms with van der Waals surface area (Å²) in [5.41, 5.74) is 1.99. The Morgan fingerprint density at radius 1 is 0.960 bits per heavy atom. The third-order valence-corrected chi connectivity index (χ3v) is 3.90. The molecule has 1 N–H and O–H groups in total. The highest BCUT2D eigenvalue weighted by Gasteiger charge is 2.14. The number of alkyl halides is 2. The maximum absolute atomic E-state index is 13.2. The van der Waals surface area contributed by atoms with E-state index in [1.165, 1.54) is 6.07 Å². The minimum Gasteiger partial charge on any atom is -0.354 e. The maximum atomic E-state index is 13.2. The van der Waals surface area contributed by atoms with Gasteiger partial charge in [0.15, 0.2) is 0 Å². The Labute approximate surface area is 149 Å². The first-order valence-corrected chi connectivity index (χ1v) is 8.20. The lowest BCUT2D eigenvalue weighted by molar-refractivity contribution is 0.146. The van der Waals surface area contributed by atoms with Crippen molar-refractivity contribution in [1.82, 2.24) is 9.97 Å². The van der Waals surface area contributed by atoms with Crippen LogP contribution in [0.15, 0.2) is 60.7 Å². The number of benzene rings is 2. The van der Waals surface area contributed by atoms with E-state index in [0.29, 0.717) is 22.8 Å². The maximum Gasteiger partial charge on any atom is 0.280 e. The third-order valence-electron chi connectivity index (χ3n) is 3.65. The number of rotatable bonds is 6. The third kappa shape index (κ3) is 4.73. The van der Waals surface area contributed by atoms with E-state index < -0.39 is 6.43 Å². The fourth-order valence-corrected chi connectivity index (χ4v) is 2.51. The van der Waals surface area contributed by atoms with Gasteiger partial charge in [-0.3, -0.25) is 0 Å². The Bertz CT molecular complexity index is 824. The van der Waals surface area contributed by atoms with Gasteiger partial charge in [-0.15, -0.1) is 0 Å². The average Bonchev–Trinajstić information content (AvgIpc) is 2.63. The highest BCUT2D eigenvalue weighted by atomic mass is 35.5. The van der Waals surface area contributed by atoms with Crippen LogP contribution in [0.25, 0.3) is 11.3 Å². The minimum absolute atomic E-state index is 0.193. The molecular formula is C19H16ClF2N3. The first-order valence-electron chi connectivity index (χ1n) is 7.83. The fraction of sp³-hybridized carbons (Fsp3) is 0.158. The molecule has 3 aromatic rings. The molecule has 128 valence electrons. The van der Waals surface area contributed by atoms with Crippen LogP contribution in [-0.4, -0.2) is 16.5 Å². The van der Waals surface area contributed by atoms with Gasteiger partial charge in [0.25, 0.3) is 6.43 Å². The molecule has 0 aliphatic heterocycles. The predicted molar refractivity (Wildman–Crippen MR) is 96.1 cm³/mol. The monoisotopic (exact) mass is 359 g/mol. The topological polar surface area (TPSA) is 37.8 Å². The second kappa shape index (κ2) is 8.03. The molecule has 3 nitrogen and oxygen atoms in total. The smallest absolute Gasteiger partial charge is 0.280 e. The summed E-state index contributed by atoms with van der Waals surface area (Å²) >= 11 is 5.87. The van der Waals surface area contributed by atoms with Gasteiger partial charge >= 0.3 is 0 Å². The highest BCUT2D eigenvalue weighted by Crippen LogP contribution is 2.25. The van der Waals surface area contributed by atoms with Gasteiger partial charge in [0.1, 0.15) is 5.69 Å². The standard InChI is InChI=1S/C19H16ClF2N3/c20-15-8-6-14(7-9-15)16-12-17(18(21)22)25-19(24-16)23-11-10-13-4-2-1-3-5-13/h1-9,12,18H,10-11H2,(H,23,24,25). The summed E-state index contributed by atoms with van der Waals surface area (Å²) < 4.78 is 26.3. The summed E-state index contributed by atoms with van der Waals surface area (Å²) in [5, 5.41) is 3.61. The van der Waals surface area contributed by atoms with Crippen molar-refractivity contribution in [2.45, 2.75) is 12.8 Å². The van der Waals surface area contributed by atoms with Crippen LogP contribution in [0.3, 0.4) is 0 Å². The van der Waals surface area contributed by atoms with E-state index in [9.17, 15) is 8.78 Å². The predicted octanol–water partition coefficient (Wildman–Crippen LogP) is 5.39. The van der Waals surface area contributed by atoms with Gasteiger partial charge in [-0.1, -0.05) is 54.1 Å². The van der Waals surface area contributed by atoms with Crippen LogP contribution >= 0.6 is 11.6 Å². The number of hydrogen-bond donors (Lipinski definition) is 1. The molecular weight excluding hydrogens is 344 g/mol. The highest BCUT2D eigenvalue weighted by molar-refractivity contribution is 6.30. The van der Waals surface area contributed by atoms with Crippen molar-refractivity contribution in [3.8, 4) is 11.3 Å². The molecule has 1 heterocycles. The van der Waals surface area contributed by atoms with Gasteiger partial charge in [0, 0.05) is 17.1 Å². The SMILES string of the molecule is FC(F)c1cc(-c2ccc(Cl)cc2)nc(NCCc2ccccc2)n1. The molecule has 0 saturated carbocycles. The molecule has 0 radical (unpaired) electrons. The summed E-state index contributed by atoms with van der Waals surface area (Å²) in [6, 6.07) is 18.1. The first-order chi connectivity index (χ1) is 12.1. The Morgan fingerprint density at radius 2 is 1.68 bits per heavy atom. The normalized spacial score (nSPS) is 10.9. The average molecular weight is 360 g/mol. The minimum atomic E-state index is -2.66. The number of halogens is 3. The van der Waals surface area contributed by atoms with Gasteiger partial charge in [0.2, 0.25) is 5.95 Å². The second-order valence-corrected chi connectivity index (χ2v) is 5.91. The summed E-state index contributed by atoms with van der Waals surface area (Å²) in [5.74, 6) is 0.193. The molecule has 1 aromatic heterocycles. The molecule has 0 unspecified atom stereocenters. The van der Waals surface area contributed by atoms with Gasteiger partial charge in [0.05, 0.1) is 5.69 Å². The fourth-order valence-electron chi connectivity index (χ4n) is 2.39. The van der Waals surface area contributed by atoms with E-state index in [1.54, 1.807) is 24.3 Å². The number of nitrogens with one attached hydrogen (secondary N) is 1. The molecule has 0 saturated heterocycles. The van der Waals surface area contributed by atoms with Crippen LogP contribution in [0.5, 0.6) is 0 Å². The van der Waals surface area contributed by atoms with Crippen LogP contribution in [0, 0.1) is 0 Å². The van der Waals surface area contributed by atoms with Gasteiger partial charge in [-0.05, 0) is 30.2 Å². The molecule has 0 fully saturated rings. The van der Waals surface area contributed by atoms with Crippen molar-refractivity contribution >= 4 is 17.5 Å². The second-order valence-electron chi connectivity index (χ2n) is 5.47. The van der Waals surface area contributed by atoms with Crippen molar-refractivity contribution in [1.29, 1.82) is 0 Å². The molecule has 0 aliphatic carbocycles. The largest absolute Gasteiger partial charge is 0.354 e. The van der Waals surface area contributed by atoms with E-state index in [2.05, 4.69) is 15.3 Å². The van der Waals surface area contributed by atoms with E-state index in [0.717, 1.165) is 12.0 Å². The Hall–Kier alpha value is -2.53. The number of aromatic nitrogens is 2. The number of anilines is 1. The van der Waals surface area contributed by atoms with Crippen molar-refractivity contribution in [3.63, 3.8) is 0 Å². The molecule has 0 bridgehead atoms. The zero-order chi connectivity index (χ0) is 17.6. The zero-order valence-corrected chi connectivity index (χ0v) is 14.0. The van der Waals surface area contributed by atoms with Crippen LogP contribution in [0.4, 0.5) is 14.7 Å². The molecule has 3 rings (SSSR count). The van der Waals surface area contributed by atoms with Gasteiger partial charge < -0.3 is 5.32 Å². The summed E-state index contributed by atoms with van der Waals surface area (Å²) in [4.78, 5) is 8.26.